The maximum atomic E-state index is 5.96. The molecule has 0 heterocycles. The highest BCUT2D eigenvalue weighted by molar-refractivity contribution is 5.27. The molecule has 0 spiro atoms. The van der Waals surface area contributed by atoms with Crippen molar-refractivity contribution in [2.45, 2.75) is 65.5 Å². The molecule has 20 heavy (non-hydrogen) atoms. The van der Waals surface area contributed by atoms with E-state index in [1.807, 2.05) is 0 Å². The minimum Gasteiger partial charge on any atom is -0.374 e. The lowest BCUT2D eigenvalue weighted by Crippen LogP contribution is -2.30. The summed E-state index contributed by atoms with van der Waals surface area (Å²) in [5.41, 5.74) is 2.61. The molecule has 0 saturated carbocycles. The third kappa shape index (κ3) is 6.06. The Bertz CT molecular complexity index is 375. The van der Waals surface area contributed by atoms with Gasteiger partial charge in [0.05, 0.1) is 18.2 Å². The number of ether oxygens (including phenoxy) is 1. The van der Waals surface area contributed by atoms with Crippen molar-refractivity contribution in [1.82, 2.24) is 5.32 Å². The normalized spacial score (nSPS) is 13.8. The lowest BCUT2D eigenvalue weighted by Gasteiger charge is -2.26. The SMILES string of the molecule is CCCNC(COC(C)(C)C)c1ccc(C(C)C)cc1. The fraction of sp³-hybridized carbons (Fsp3) is 0.667. The van der Waals surface area contributed by atoms with E-state index in [0.717, 1.165) is 13.0 Å². The summed E-state index contributed by atoms with van der Waals surface area (Å²) < 4.78 is 5.96. The molecule has 0 aliphatic rings. The van der Waals surface area contributed by atoms with E-state index in [4.69, 9.17) is 4.74 Å². The molecule has 0 radical (unpaired) electrons. The smallest absolute Gasteiger partial charge is 0.0668 e. The molecular formula is C18H31NO. The van der Waals surface area contributed by atoms with Crippen molar-refractivity contribution < 1.29 is 4.74 Å². The Morgan fingerprint density at radius 2 is 1.60 bits per heavy atom. The van der Waals surface area contributed by atoms with Crippen molar-refractivity contribution in [3.8, 4) is 0 Å². The number of benzene rings is 1. The van der Waals surface area contributed by atoms with Crippen LogP contribution < -0.4 is 5.32 Å². The van der Waals surface area contributed by atoms with Gasteiger partial charge in [0.15, 0.2) is 0 Å². The summed E-state index contributed by atoms with van der Waals surface area (Å²) in [5.74, 6) is 0.580. The summed E-state index contributed by atoms with van der Waals surface area (Å²) >= 11 is 0. The maximum absolute atomic E-state index is 5.96. The van der Waals surface area contributed by atoms with E-state index >= 15 is 0 Å². The molecule has 1 rings (SSSR count). The average molecular weight is 277 g/mol. The quantitative estimate of drug-likeness (QED) is 0.782. The maximum Gasteiger partial charge on any atom is 0.0668 e. The molecule has 2 nitrogen and oxygen atoms in total. The zero-order valence-electron chi connectivity index (χ0n) is 14.0. The van der Waals surface area contributed by atoms with Crippen molar-refractivity contribution in [3.63, 3.8) is 0 Å². The second kappa shape index (κ2) is 7.80. The van der Waals surface area contributed by atoms with Gasteiger partial charge in [0.25, 0.3) is 0 Å². The molecule has 0 aliphatic carbocycles. The van der Waals surface area contributed by atoms with E-state index in [9.17, 15) is 0 Å². The minimum absolute atomic E-state index is 0.0932. The van der Waals surface area contributed by atoms with Crippen LogP contribution in [0.3, 0.4) is 0 Å². The van der Waals surface area contributed by atoms with Gasteiger partial charge in [-0.25, -0.2) is 0 Å². The van der Waals surface area contributed by atoms with Crippen molar-refractivity contribution in [3.05, 3.63) is 35.4 Å². The molecule has 1 atom stereocenters. The van der Waals surface area contributed by atoms with Crippen LogP contribution in [-0.2, 0) is 4.74 Å². The number of rotatable bonds is 7. The Kier molecular flexibility index (Phi) is 6.70. The van der Waals surface area contributed by atoms with E-state index in [1.54, 1.807) is 0 Å². The largest absolute Gasteiger partial charge is 0.374 e. The van der Waals surface area contributed by atoms with Gasteiger partial charge in [-0.05, 0) is 50.8 Å². The predicted octanol–water partition coefficient (Wildman–Crippen LogP) is 4.67. The molecule has 1 unspecified atom stereocenters. The first kappa shape index (κ1) is 17.2. The second-order valence-electron chi connectivity index (χ2n) is 6.75. The standard InChI is InChI=1S/C18H31NO/c1-7-12-19-17(13-20-18(4,5)6)16-10-8-15(9-11-16)14(2)3/h8-11,14,17,19H,7,12-13H2,1-6H3. The van der Waals surface area contributed by atoms with Crippen LogP contribution >= 0.6 is 0 Å². The van der Waals surface area contributed by atoms with Crippen molar-refractivity contribution in [2.24, 2.45) is 0 Å². The Morgan fingerprint density at radius 3 is 2.05 bits per heavy atom. The van der Waals surface area contributed by atoms with Crippen molar-refractivity contribution >= 4 is 0 Å². The Morgan fingerprint density at radius 1 is 1.05 bits per heavy atom. The highest BCUT2D eigenvalue weighted by Gasteiger charge is 2.16. The first-order chi connectivity index (χ1) is 9.33. The van der Waals surface area contributed by atoms with E-state index < -0.39 is 0 Å². The fourth-order valence-corrected chi connectivity index (χ4v) is 2.04. The van der Waals surface area contributed by atoms with Crippen LogP contribution in [0.2, 0.25) is 0 Å². The second-order valence-corrected chi connectivity index (χ2v) is 6.75. The van der Waals surface area contributed by atoms with Gasteiger partial charge in [0.2, 0.25) is 0 Å². The topological polar surface area (TPSA) is 21.3 Å². The highest BCUT2D eigenvalue weighted by Crippen LogP contribution is 2.20. The summed E-state index contributed by atoms with van der Waals surface area (Å²) in [4.78, 5) is 0. The van der Waals surface area contributed by atoms with Crippen LogP contribution in [-0.4, -0.2) is 18.8 Å². The van der Waals surface area contributed by atoms with Gasteiger partial charge in [0.1, 0.15) is 0 Å². The minimum atomic E-state index is -0.0932. The molecule has 114 valence electrons. The van der Waals surface area contributed by atoms with E-state index in [0.29, 0.717) is 12.5 Å². The van der Waals surface area contributed by atoms with Crippen LogP contribution in [0.1, 0.15) is 71.0 Å². The molecule has 0 amide bonds. The van der Waals surface area contributed by atoms with Gasteiger partial charge in [-0.3, -0.25) is 0 Å². The van der Waals surface area contributed by atoms with E-state index in [-0.39, 0.29) is 11.6 Å². The first-order valence-corrected chi connectivity index (χ1v) is 7.80. The zero-order chi connectivity index (χ0) is 15.2. The molecule has 0 aromatic heterocycles. The van der Waals surface area contributed by atoms with E-state index in [2.05, 4.69) is 71.1 Å². The van der Waals surface area contributed by atoms with Crippen LogP contribution in [0, 0.1) is 0 Å². The number of hydrogen-bond acceptors (Lipinski definition) is 2. The summed E-state index contributed by atoms with van der Waals surface area (Å²) in [6.45, 7) is 14.7. The Balaban J connectivity index is 2.75. The van der Waals surface area contributed by atoms with Crippen molar-refractivity contribution in [2.75, 3.05) is 13.2 Å². The van der Waals surface area contributed by atoms with Crippen LogP contribution in [0.15, 0.2) is 24.3 Å². The monoisotopic (exact) mass is 277 g/mol. The van der Waals surface area contributed by atoms with Gasteiger partial charge < -0.3 is 10.1 Å². The summed E-state index contributed by atoms with van der Waals surface area (Å²) in [7, 11) is 0. The molecule has 1 N–H and O–H groups in total. The van der Waals surface area contributed by atoms with Gasteiger partial charge in [0, 0.05) is 0 Å². The van der Waals surface area contributed by atoms with Crippen LogP contribution in [0.4, 0.5) is 0 Å². The molecule has 0 bridgehead atoms. The summed E-state index contributed by atoms with van der Waals surface area (Å²) in [6, 6.07) is 9.20. The third-order valence-corrected chi connectivity index (χ3v) is 3.33. The Labute approximate surface area is 124 Å². The molecule has 1 aromatic rings. The molecule has 1 aromatic carbocycles. The number of hydrogen-bond donors (Lipinski definition) is 1. The zero-order valence-corrected chi connectivity index (χ0v) is 14.0. The van der Waals surface area contributed by atoms with Gasteiger partial charge >= 0.3 is 0 Å². The summed E-state index contributed by atoms with van der Waals surface area (Å²) in [5, 5.41) is 3.58. The van der Waals surface area contributed by atoms with E-state index in [1.165, 1.54) is 11.1 Å². The van der Waals surface area contributed by atoms with Gasteiger partial charge in [-0.1, -0.05) is 45.0 Å². The molecule has 2 heteroatoms. The van der Waals surface area contributed by atoms with Crippen LogP contribution in [0.25, 0.3) is 0 Å². The summed E-state index contributed by atoms with van der Waals surface area (Å²) in [6.07, 6.45) is 1.14. The average Bonchev–Trinajstić information content (AvgIpc) is 2.38. The van der Waals surface area contributed by atoms with Gasteiger partial charge in [-0.2, -0.15) is 0 Å². The van der Waals surface area contributed by atoms with Crippen molar-refractivity contribution in [1.29, 1.82) is 0 Å². The number of nitrogens with one attached hydrogen (secondary N) is 1. The molecule has 0 saturated heterocycles. The molecule has 0 aliphatic heterocycles. The van der Waals surface area contributed by atoms with Crippen LogP contribution in [0.5, 0.6) is 0 Å². The molecular weight excluding hydrogens is 246 g/mol. The first-order valence-electron chi connectivity index (χ1n) is 7.80. The highest BCUT2D eigenvalue weighted by atomic mass is 16.5. The molecule has 0 fully saturated rings. The lowest BCUT2D eigenvalue weighted by molar-refractivity contribution is -0.0147. The fourth-order valence-electron chi connectivity index (χ4n) is 2.04. The third-order valence-electron chi connectivity index (χ3n) is 3.33. The lowest BCUT2D eigenvalue weighted by atomic mass is 9.99. The Hall–Kier alpha value is -0.860. The predicted molar refractivity (Wildman–Crippen MR) is 87.3 cm³/mol. The van der Waals surface area contributed by atoms with Gasteiger partial charge in [-0.15, -0.1) is 0 Å².